The Bertz CT molecular complexity index is 555. The van der Waals surface area contributed by atoms with Gasteiger partial charge in [-0.3, -0.25) is 9.59 Å². The molecule has 4 saturated carbocycles. The van der Waals surface area contributed by atoms with Crippen molar-refractivity contribution in [2.75, 3.05) is 26.2 Å². The monoisotopic (exact) mass is 372 g/mol. The number of carbonyl (C=O) groups excluding carboxylic acids is 2. The molecule has 0 spiro atoms. The Hall–Kier alpha value is -1.27. The zero-order chi connectivity index (χ0) is 18.5. The highest BCUT2D eigenvalue weighted by Gasteiger charge is 2.52. The Morgan fingerprint density at radius 2 is 1.35 bits per heavy atom. The van der Waals surface area contributed by atoms with E-state index >= 15 is 0 Å². The molecule has 1 heterocycles. The van der Waals surface area contributed by atoms with E-state index in [0.717, 1.165) is 41.9 Å². The van der Waals surface area contributed by atoms with Crippen LogP contribution in [0.3, 0.4) is 0 Å². The van der Waals surface area contributed by atoms with Gasteiger partial charge in [-0.2, -0.15) is 13.2 Å². The number of carbonyl (C=O) groups is 2. The number of halogens is 3. The maximum atomic E-state index is 12.9. The van der Waals surface area contributed by atoms with Crippen molar-refractivity contribution in [3.05, 3.63) is 0 Å². The largest absolute Gasteiger partial charge is 0.471 e. The van der Waals surface area contributed by atoms with Crippen LogP contribution in [0.2, 0.25) is 0 Å². The van der Waals surface area contributed by atoms with Gasteiger partial charge >= 0.3 is 12.1 Å². The lowest BCUT2D eigenvalue weighted by atomic mass is 9.49. The van der Waals surface area contributed by atoms with E-state index in [0.29, 0.717) is 19.4 Å². The fourth-order valence-electron chi connectivity index (χ4n) is 6.49. The Balaban J connectivity index is 1.36. The van der Waals surface area contributed by atoms with Crippen molar-refractivity contribution in [2.24, 2.45) is 23.2 Å². The number of hydrogen-bond acceptors (Lipinski definition) is 2. The van der Waals surface area contributed by atoms with Crippen molar-refractivity contribution >= 4 is 11.8 Å². The molecule has 4 aliphatic carbocycles. The van der Waals surface area contributed by atoms with Crippen LogP contribution in [0.1, 0.15) is 51.4 Å². The average molecular weight is 372 g/mol. The molecule has 0 aromatic heterocycles. The molecule has 2 amide bonds. The van der Waals surface area contributed by atoms with E-state index in [2.05, 4.69) is 0 Å². The quantitative estimate of drug-likeness (QED) is 0.747. The van der Waals surface area contributed by atoms with Crippen molar-refractivity contribution in [2.45, 2.75) is 57.5 Å². The molecule has 0 radical (unpaired) electrons. The summed E-state index contributed by atoms with van der Waals surface area (Å²) in [4.78, 5) is 26.9. The van der Waals surface area contributed by atoms with Crippen LogP contribution in [0.5, 0.6) is 0 Å². The topological polar surface area (TPSA) is 40.6 Å². The van der Waals surface area contributed by atoms with Gasteiger partial charge in [0.15, 0.2) is 0 Å². The zero-order valence-corrected chi connectivity index (χ0v) is 15.1. The molecule has 5 fully saturated rings. The molecule has 26 heavy (non-hydrogen) atoms. The molecule has 0 atom stereocenters. The van der Waals surface area contributed by atoms with Gasteiger partial charge in [-0.05, 0) is 68.1 Å². The van der Waals surface area contributed by atoms with E-state index in [9.17, 15) is 22.8 Å². The first-order chi connectivity index (χ1) is 12.2. The Kier molecular flexibility index (Phi) is 4.47. The van der Waals surface area contributed by atoms with Gasteiger partial charge in [0.1, 0.15) is 0 Å². The second-order valence-electron chi connectivity index (χ2n) is 9.12. The van der Waals surface area contributed by atoms with E-state index in [-0.39, 0.29) is 31.0 Å². The normalized spacial score (nSPS) is 37.0. The van der Waals surface area contributed by atoms with Crippen molar-refractivity contribution < 1.29 is 22.8 Å². The molecule has 1 saturated heterocycles. The number of hydrogen-bond donors (Lipinski definition) is 0. The maximum absolute atomic E-state index is 12.9. The van der Waals surface area contributed by atoms with E-state index in [1.807, 2.05) is 0 Å². The van der Waals surface area contributed by atoms with Gasteiger partial charge in [0.25, 0.3) is 0 Å². The molecule has 4 nitrogen and oxygen atoms in total. The first kappa shape index (κ1) is 18.1. The number of rotatable bonds is 2. The van der Waals surface area contributed by atoms with Gasteiger partial charge in [-0.25, -0.2) is 0 Å². The fourth-order valence-corrected chi connectivity index (χ4v) is 6.49. The number of amides is 2. The van der Waals surface area contributed by atoms with Crippen LogP contribution in [0.25, 0.3) is 0 Å². The SMILES string of the molecule is O=C(CC12CC3CC(CC(C3)C1)C2)N1CCCN(C(=O)C(F)(F)F)CC1. The van der Waals surface area contributed by atoms with Crippen molar-refractivity contribution in [3.63, 3.8) is 0 Å². The lowest BCUT2D eigenvalue weighted by Gasteiger charge is -2.57. The summed E-state index contributed by atoms with van der Waals surface area (Å²) in [6.45, 7) is 0.713. The van der Waals surface area contributed by atoms with E-state index in [1.54, 1.807) is 4.90 Å². The minimum Gasteiger partial charge on any atom is -0.341 e. The smallest absolute Gasteiger partial charge is 0.341 e. The number of alkyl halides is 3. The third-order valence-corrected chi connectivity index (χ3v) is 7.07. The minimum absolute atomic E-state index is 0.0229. The molecule has 5 rings (SSSR count). The molecule has 7 heteroatoms. The molecule has 4 bridgehead atoms. The van der Waals surface area contributed by atoms with Gasteiger partial charge in [0.05, 0.1) is 0 Å². The van der Waals surface area contributed by atoms with Crippen LogP contribution in [0.15, 0.2) is 0 Å². The maximum Gasteiger partial charge on any atom is 0.471 e. The highest BCUT2D eigenvalue weighted by Crippen LogP contribution is 2.61. The lowest BCUT2D eigenvalue weighted by Crippen LogP contribution is -2.49. The Labute approximate surface area is 152 Å². The standard InChI is InChI=1S/C19H27F3N2O2/c20-19(21,22)17(26)24-3-1-2-23(4-5-24)16(25)12-18-9-13-6-14(10-18)8-15(7-13)11-18/h13-15H,1-12H2. The van der Waals surface area contributed by atoms with Gasteiger partial charge in [-0.15, -0.1) is 0 Å². The average Bonchev–Trinajstić information content (AvgIpc) is 2.77. The first-order valence-corrected chi connectivity index (χ1v) is 9.88. The molecule has 5 aliphatic rings. The van der Waals surface area contributed by atoms with Crippen molar-refractivity contribution in [3.8, 4) is 0 Å². The minimum atomic E-state index is -4.83. The second kappa shape index (κ2) is 6.41. The van der Waals surface area contributed by atoms with Gasteiger partial charge in [-0.1, -0.05) is 0 Å². The summed E-state index contributed by atoms with van der Waals surface area (Å²) < 4.78 is 37.9. The van der Waals surface area contributed by atoms with Crippen LogP contribution >= 0.6 is 0 Å². The lowest BCUT2D eigenvalue weighted by molar-refractivity contribution is -0.185. The third kappa shape index (κ3) is 3.46. The summed E-state index contributed by atoms with van der Waals surface area (Å²) >= 11 is 0. The zero-order valence-electron chi connectivity index (χ0n) is 15.1. The van der Waals surface area contributed by atoms with Crippen LogP contribution in [-0.2, 0) is 9.59 Å². The predicted octanol–water partition coefficient (Wildman–Crippen LogP) is 3.22. The van der Waals surface area contributed by atoms with Crippen LogP contribution in [0, 0.1) is 23.2 Å². The molecule has 146 valence electrons. The molecule has 1 aliphatic heterocycles. The van der Waals surface area contributed by atoms with Crippen LogP contribution < -0.4 is 0 Å². The summed E-state index contributed by atoms with van der Waals surface area (Å²) in [5.74, 6) is 0.621. The first-order valence-electron chi connectivity index (χ1n) is 9.88. The van der Waals surface area contributed by atoms with Gasteiger partial charge in [0, 0.05) is 32.6 Å². The van der Waals surface area contributed by atoms with Crippen LogP contribution in [-0.4, -0.2) is 54.0 Å². The van der Waals surface area contributed by atoms with Gasteiger partial charge < -0.3 is 9.80 Å². The Morgan fingerprint density at radius 3 is 1.88 bits per heavy atom. The summed E-state index contributed by atoms with van der Waals surface area (Å²) in [5.41, 5.74) is 0.139. The van der Waals surface area contributed by atoms with E-state index in [1.165, 1.54) is 19.3 Å². The van der Waals surface area contributed by atoms with E-state index in [4.69, 9.17) is 0 Å². The van der Waals surface area contributed by atoms with Crippen LogP contribution in [0.4, 0.5) is 13.2 Å². The second-order valence-corrected chi connectivity index (χ2v) is 9.12. The molecular weight excluding hydrogens is 345 g/mol. The highest BCUT2D eigenvalue weighted by atomic mass is 19.4. The third-order valence-electron chi connectivity index (χ3n) is 7.07. The summed E-state index contributed by atoms with van der Waals surface area (Å²) in [5, 5.41) is 0. The number of nitrogens with zero attached hydrogens (tertiary/aromatic N) is 2. The molecule has 0 N–H and O–H groups in total. The predicted molar refractivity (Wildman–Crippen MR) is 89.1 cm³/mol. The summed E-state index contributed by atoms with van der Waals surface area (Å²) in [6.07, 6.45) is 3.55. The van der Waals surface area contributed by atoms with Crippen molar-refractivity contribution in [1.29, 1.82) is 0 Å². The Morgan fingerprint density at radius 1 is 0.846 bits per heavy atom. The molecule has 0 aromatic rings. The highest BCUT2D eigenvalue weighted by molar-refractivity contribution is 5.82. The molecule has 0 unspecified atom stereocenters. The molecule has 0 aromatic carbocycles. The van der Waals surface area contributed by atoms with Gasteiger partial charge in [0.2, 0.25) is 5.91 Å². The summed E-state index contributed by atoms with van der Waals surface area (Å²) in [6, 6.07) is 0. The molecular formula is C19H27F3N2O2. The van der Waals surface area contributed by atoms with Crippen molar-refractivity contribution in [1.82, 2.24) is 9.80 Å². The fraction of sp³-hybridized carbons (Fsp3) is 0.895. The van der Waals surface area contributed by atoms with E-state index < -0.39 is 12.1 Å². The summed E-state index contributed by atoms with van der Waals surface area (Å²) in [7, 11) is 0.